The zero-order valence-electron chi connectivity index (χ0n) is 12.4. The van der Waals surface area contributed by atoms with Gasteiger partial charge in [0.25, 0.3) is 0 Å². The molecule has 0 saturated carbocycles. The number of aromatic nitrogens is 3. The lowest BCUT2D eigenvalue weighted by Crippen LogP contribution is -2.17. The van der Waals surface area contributed by atoms with Crippen LogP contribution in [0.25, 0.3) is 17.1 Å². The van der Waals surface area contributed by atoms with E-state index in [-0.39, 0.29) is 29.7 Å². The fourth-order valence-corrected chi connectivity index (χ4v) is 1.99. The number of anilines is 1. The molecule has 10 heteroatoms. The van der Waals surface area contributed by atoms with Crippen LogP contribution in [0, 0.1) is 5.82 Å². The second-order valence-electron chi connectivity index (χ2n) is 4.79. The summed E-state index contributed by atoms with van der Waals surface area (Å²) in [6.45, 7) is 0. The average molecular weight is 375 g/mol. The Bertz CT molecular complexity index is 865. The lowest BCUT2D eigenvalue weighted by Gasteiger charge is -2.09. The van der Waals surface area contributed by atoms with Gasteiger partial charge < -0.3 is 10.5 Å². The number of halogens is 5. The molecular formula is C15H11ClF4N4O. The molecule has 2 N–H and O–H groups in total. The summed E-state index contributed by atoms with van der Waals surface area (Å²) in [6.07, 6.45) is -3.38. The van der Waals surface area contributed by atoms with Gasteiger partial charge in [-0.1, -0.05) is 0 Å². The monoisotopic (exact) mass is 374 g/mol. The summed E-state index contributed by atoms with van der Waals surface area (Å²) in [6, 6.07) is 9.27. The van der Waals surface area contributed by atoms with Gasteiger partial charge in [-0.25, -0.2) is 14.1 Å². The molecule has 25 heavy (non-hydrogen) atoms. The first-order valence-corrected chi connectivity index (χ1v) is 6.65. The van der Waals surface area contributed by atoms with Gasteiger partial charge in [0.15, 0.2) is 5.82 Å². The van der Waals surface area contributed by atoms with Crippen molar-refractivity contribution in [3.8, 4) is 22.8 Å². The number of hydrogen-bond donors (Lipinski definition) is 1. The molecule has 0 unspecified atom stereocenters. The first-order chi connectivity index (χ1) is 11.3. The van der Waals surface area contributed by atoms with Crippen LogP contribution < -0.4 is 10.5 Å². The van der Waals surface area contributed by atoms with E-state index in [4.69, 9.17) is 5.73 Å². The van der Waals surface area contributed by atoms with Gasteiger partial charge in [-0.2, -0.15) is 0 Å². The van der Waals surface area contributed by atoms with E-state index in [1.807, 2.05) is 0 Å². The highest BCUT2D eigenvalue weighted by Gasteiger charge is 2.30. The van der Waals surface area contributed by atoms with Crippen molar-refractivity contribution in [1.29, 1.82) is 0 Å². The molecule has 0 spiro atoms. The molecule has 132 valence electrons. The Hall–Kier alpha value is -2.81. The van der Waals surface area contributed by atoms with Crippen molar-refractivity contribution in [3.63, 3.8) is 0 Å². The Morgan fingerprint density at radius 1 is 1.04 bits per heavy atom. The zero-order valence-corrected chi connectivity index (χ0v) is 13.2. The zero-order chi connectivity index (χ0) is 17.3. The van der Waals surface area contributed by atoms with Gasteiger partial charge in [0.1, 0.15) is 17.9 Å². The van der Waals surface area contributed by atoms with Crippen molar-refractivity contribution in [2.45, 2.75) is 6.36 Å². The van der Waals surface area contributed by atoms with Crippen molar-refractivity contribution in [2.24, 2.45) is 0 Å². The Labute approximate surface area is 145 Å². The van der Waals surface area contributed by atoms with Crippen LogP contribution in [0.4, 0.5) is 23.2 Å². The number of hydrogen-bond acceptors (Lipinski definition) is 4. The normalized spacial score (nSPS) is 11.0. The highest BCUT2D eigenvalue weighted by molar-refractivity contribution is 5.85. The van der Waals surface area contributed by atoms with E-state index >= 15 is 0 Å². The highest BCUT2D eigenvalue weighted by Crippen LogP contribution is 2.24. The van der Waals surface area contributed by atoms with Crippen molar-refractivity contribution in [2.75, 3.05) is 5.73 Å². The minimum absolute atomic E-state index is 0. The van der Waals surface area contributed by atoms with E-state index in [9.17, 15) is 17.6 Å². The van der Waals surface area contributed by atoms with E-state index in [1.165, 1.54) is 35.3 Å². The predicted octanol–water partition coefficient (Wildman–Crippen LogP) is 3.98. The van der Waals surface area contributed by atoms with Gasteiger partial charge in [0.05, 0.1) is 11.4 Å². The molecule has 0 aliphatic carbocycles. The summed E-state index contributed by atoms with van der Waals surface area (Å²) >= 11 is 0. The van der Waals surface area contributed by atoms with Gasteiger partial charge in [-0.05, 0) is 42.5 Å². The van der Waals surface area contributed by atoms with Crippen molar-refractivity contribution in [3.05, 3.63) is 54.6 Å². The average Bonchev–Trinajstić information content (AvgIpc) is 2.99. The number of alkyl halides is 3. The van der Waals surface area contributed by atoms with Crippen LogP contribution in [-0.2, 0) is 0 Å². The van der Waals surface area contributed by atoms with Gasteiger partial charge in [0, 0.05) is 5.56 Å². The summed E-state index contributed by atoms with van der Waals surface area (Å²) in [7, 11) is 0. The van der Waals surface area contributed by atoms with Crippen molar-refractivity contribution < 1.29 is 22.3 Å². The second kappa shape index (κ2) is 6.98. The SMILES string of the molecule is Cl.Nc1ccc(-c2ncn(-c3ccc(OC(F)(F)F)cc3)n2)cc1F. The number of ether oxygens (including phenoxy) is 1. The minimum atomic E-state index is -4.75. The molecule has 0 radical (unpaired) electrons. The molecule has 1 aromatic heterocycles. The molecule has 3 aromatic rings. The number of nitrogen functional groups attached to an aromatic ring is 1. The predicted molar refractivity (Wildman–Crippen MR) is 85.1 cm³/mol. The fourth-order valence-electron chi connectivity index (χ4n) is 1.99. The van der Waals surface area contributed by atoms with E-state index in [1.54, 1.807) is 6.07 Å². The maximum Gasteiger partial charge on any atom is 0.573 e. The standard InChI is InChI=1S/C15H10F4N4O.ClH/c16-12-7-9(1-6-13(12)20)14-21-8-23(22-14)10-2-4-11(5-3-10)24-15(17,18)19;/h1-8H,20H2;1H. The third-order valence-corrected chi connectivity index (χ3v) is 3.09. The van der Waals surface area contributed by atoms with Crippen LogP contribution in [0.2, 0.25) is 0 Å². The second-order valence-corrected chi connectivity index (χ2v) is 4.79. The van der Waals surface area contributed by atoms with Crippen LogP contribution in [0.3, 0.4) is 0 Å². The number of nitrogens with two attached hydrogens (primary N) is 1. The molecule has 0 aliphatic heterocycles. The lowest BCUT2D eigenvalue weighted by molar-refractivity contribution is -0.274. The van der Waals surface area contributed by atoms with Gasteiger partial charge >= 0.3 is 6.36 Å². The minimum Gasteiger partial charge on any atom is -0.406 e. The van der Waals surface area contributed by atoms with Gasteiger partial charge in [-0.15, -0.1) is 30.7 Å². The Balaban J connectivity index is 0.00000225. The van der Waals surface area contributed by atoms with Crippen LogP contribution in [0.15, 0.2) is 48.8 Å². The lowest BCUT2D eigenvalue weighted by atomic mass is 10.2. The molecule has 5 nitrogen and oxygen atoms in total. The molecule has 0 fully saturated rings. The number of rotatable bonds is 3. The third kappa shape index (κ3) is 4.38. The molecule has 0 atom stereocenters. The molecule has 0 bridgehead atoms. The van der Waals surface area contributed by atoms with Gasteiger partial charge in [0.2, 0.25) is 0 Å². The van der Waals surface area contributed by atoms with Crippen LogP contribution in [0.1, 0.15) is 0 Å². The highest BCUT2D eigenvalue weighted by atomic mass is 35.5. The van der Waals surface area contributed by atoms with Crippen LogP contribution in [-0.4, -0.2) is 21.1 Å². The molecular weight excluding hydrogens is 364 g/mol. The first-order valence-electron chi connectivity index (χ1n) is 6.65. The van der Waals surface area contributed by atoms with Crippen LogP contribution >= 0.6 is 12.4 Å². The summed E-state index contributed by atoms with van der Waals surface area (Å²) in [5.41, 5.74) is 6.32. The van der Waals surface area contributed by atoms with E-state index in [0.717, 1.165) is 12.1 Å². The fraction of sp³-hybridized carbons (Fsp3) is 0.0667. The smallest absolute Gasteiger partial charge is 0.406 e. The molecule has 1 heterocycles. The molecule has 0 saturated heterocycles. The number of nitrogens with zero attached hydrogens (tertiary/aromatic N) is 3. The van der Waals surface area contributed by atoms with E-state index in [0.29, 0.717) is 11.3 Å². The summed E-state index contributed by atoms with van der Waals surface area (Å²) in [5, 5.41) is 4.16. The first kappa shape index (κ1) is 18.5. The van der Waals surface area contributed by atoms with Crippen molar-refractivity contribution in [1.82, 2.24) is 14.8 Å². The third-order valence-electron chi connectivity index (χ3n) is 3.09. The van der Waals surface area contributed by atoms with E-state index < -0.39 is 12.2 Å². The van der Waals surface area contributed by atoms with Crippen LogP contribution in [0.5, 0.6) is 5.75 Å². The Kier molecular flexibility index (Phi) is 5.17. The van der Waals surface area contributed by atoms with Crippen molar-refractivity contribution >= 4 is 18.1 Å². The molecule has 3 rings (SSSR count). The summed E-state index contributed by atoms with van der Waals surface area (Å²) in [5.74, 6) is -0.672. The number of benzene rings is 2. The Morgan fingerprint density at radius 2 is 1.72 bits per heavy atom. The maximum absolute atomic E-state index is 13.5. The Morgan fingerprint density at radius 3 is 2.32 bits per heavy atom. The molecule has 0 aliphatic rings. The topological polar surface area (TPSA) is 66.0 Å². The van der Waals surface area contributed by atoms with E-state index in [2.05, 4.69) is 14.8 Å². The maximum atomic E-state index is 13.5. The summed E-state index contributed by atoms with van der Waals surface area (Å²) in [4.78, 5) is 4.05. The largest absolute Gasteiger partial charge is 0.573 e. The van der Waals surface area contributed by atoms with Gasteiger partial charge in [-0.3, -0.25) is 0 Å². The molecule has 0 amide bonds. The summed E-state index contributed by atoms with van der Waals surface area (Å²) < 4.78 is 55.0. The quantitative estimate of drug-likeness (QED) is 0.556. The molecule has 2 aromatic carbocycles.